The number of rotatable bonds is 0. The molecule has 0 heteroatoms. The number of hydrogen-bond acceptors (Lipinski definition) is 0. The monoisotopic (exact) mass is 110 g/mol. The Balaban J connectivity index is 2.04. The Hall–Kier alpha value is 0. The van der Waals surface area contributed by atoms with Crippen molar-refractivity contribution in [1.29, 1.82) is 0 Å². The second-order valence-corrected chi connectivity index (χ2v) is 3.38. The molecule has 2 aliphatic rings. The van der Waals surface area contributed by atoms with Crippen LogP contribution in [0.1, 0.15) is 38.5 Å². The van der Waals surface area contributed by atoms with Gasteiger partial charge < -0.3 is 0 Å². The van der Waals surface area contributed by atoms with Crippen molar-refractivity contribution in [1.82, 2.24) is 0 Å². The van der Waals surface area contributed by atoms with Crippen LogP contribution in [0.15, 0.2) is 0 Å². The van der Waals surface area contributed by atoms with Crippen molar-refractivity contribution >= 4 is 0 Å². The minimum atomic E-state index is 1.18. The van der Waals surface area contributed by atoms with E-state index in [4.69, 9.17) is 0 Å². The average molecular weight is 110 g/mol. The van der Waals surface area contributed by atoms with Crippen LogP contribution in [-0.4, -0.2) is 0 Å². The molecule has 2 fully saturated rings. The normalized spacial score (nSPS) is 45.0. The zero-order valence-corrected chi connectivity index (χ0v) is 5.40. The molecule has 2 saturated carbocycles. The van der Waals surface area contributed by atoms with Gasteiger partial charge in [-0.05, 0) is 11.8 Å². The summed E-state index contributed by atoms with van der Waals surface area (Å²) in [6.45, 7) is 0. The summed E-state index contributed by atoms with van der Waals surface area (Å²) in [5.41, 5.74) is 0. The predicted molar refractivity (Wildman–Crippen MR) is 34.7 cm³/mol. The highest BCUT2D eigenvalue weighted by atomic mass is 14.4. The fourth-order valence-electron chi connectivity index (χ4n) is 2.52. The van der Waals surface area contributed by atoms with Gasteiger partial charge in [0.05, 0.1) is 0 Å². The zero-order chi connectivity index (χ0) is 5.40. The van der Waals surface area contributed by atoms with Gasteiger partial charge in [0.1, 0.15) is 0 Å². The largest absolute Gasteiger partial charge is 0.0528 e. The molecule has 2 aliphatic carbocycles. The summed E-state index contributed by atoms with van der Waals surface area (Å²) >= 11 is 0. The Kier molecular flexibility index (Phi) is 1.06. The van der Waals surface area contributed by atoms with Gasteiger partial charge in [0.25, 0.3) is 0 Å². The highest BCUT2D eigenvalue weighted by Crippen LogP contribution is 2.43. The Morgan fingerprint density at radius 2 is 1.00 bits per heavy atom. The van der Waals surface area contributed by atoms with Gasteiger partial charge in [0.2, 0.25) is 0 Å². The maximum absolute atomic E-state index is 1.56. The van der Waals surface area contributed by atoms with E-state index in [-0.39, 0.29) is 0 Å². The van der Waals surface area contributed by atoms with Crippen LogP contribution in [0.25, 0.3) is 0 Å². The van der Waals surface area contributed by atoms with Gasteiger partial charge in [-0.2, -0.15) is 0 Å². The standard InChI is InChI=1S/C8H14/c1-3-7-5-2-6-8(7)4-1/h7-8H,1-6H2/t7-,8-. The maximum Gasteiger partial charge on any atom is -0.0386 e. The molecule has 0 aromatic heterocycles. The Morgan fingerprint density at radius 3 is 1.38 bits per heavy atom. The van der Waals surface area contributed by atoms with E-state index in [0.717, 1.165) is 0 Å². The van der Waals surface area contributed by atoms with Crippen molar-refractivity contribution < 1.29 is 0 Å². The van der Waals surface area contributed by atoms with Crippen molar-refractivity contribution in [3.05, 3.63) is 0 Å². The van der Waals surface area contributed by atoms with E-state index in [0.29, 0.717) is 0 Å². The molecule has 0 amide bonds. The van der Waals surface area contributed by atoms with Gasteiger partial charge in [0.15, 0.2) is 0 Å². The van der Waals surface area contributed by atoms with E-state index < -0.39 is 0 Å². The van der Waals surface area contributed by atoms with Gasteiger partial charge in [-0.1, -0.05) is 38.5 Å². The fourth-order valence-corrected chi connectivity index (χ4v) is 2.52. The van der Waals surface area contributed by atoms with E-state index in [1.807, 2.05) is 0 Å². The zero-order valence-electron chi connectivity index (χ0n) is 5.40. The van der Waals surface area contributed by atoms with Crippen molar-refractivity contribution in [2.75, 3.05) is 0 Å². The molecule has 0 aromatic carbocycles. The van der Waals surface area contributed by atoms with Crippen LogP contribution in [0.5, 0.6) is 0 Å². The van der Waals surface area contributed by atoms with Crippen molar-refractivity contribution in [3.63, 3.8) is 0 Å². The average Bonchev–Trinajstić information content (AvgIpc) is 2.15. The molecule has 0 bridgehead atoms. The maximum atomic E-state index is 1.56. The molecular weight excluding hydrogens is 96.1 g/mol. The van der Waals surface area contributed by atoms with Gasteiger partial charge in [-0.3, -0.25) is 0 Å². The summed E-state index contributed by atoms with van der Waals surface area (Å²) in [6.07, 6.45) is 9.31. The van der Waals surface area contributed by atoms with Crippen molar-refractivity contribution in [2.45, 2.75) is 38.5 Å². The van der Waals surface area contributed by atoms with Crippen LogP contribution < -0.4 is 0 Å². The van der Waals surface area contributed by atoms with E-state index >= 15 is 0 Å². The summed E-state index contributed by atoms with van der Waals surface area (Å²) < 4.78 is 0. The third-order valence-corrected chi connectivity index (χ3v) is 2.97. The second-order valence-electron chi connectivity index (χ2n) is 3.38. The Labute approximate surface area is 51.3 Å². The Morgan fingerprint density at radius 1 is 0.625 bits per heavy atom. The summed E-state index contributed by atoms with van der Waals surface area (Å²) in [5.74, 6) is 2.35. The first kappa shape index (κ1) is 4.84. The quantitative estimate of drug-likeness (QED) is 0.449. The molecule has 0 saturated heterocycles. The highest BCUT2D eigenvalue weighted by Gasteiger charge is 2.30. The summed E-state index contributed by atoms with van der Waals surface area (Å²) in [7, 11) is 0. The van der Waals surface area contributed by atoms with Crippen LogP contribution in [0.4, 0.5) is 0 Å². The molecule has 0 heterocycles. The first-order valence-corrected chi connectivity index (χ1v) is 3.97. The molecule has 0 spiro atoms. The second kappa shape index (κ2) is 1.75. The molecular formula is C8H14. The summed E-state index contributed by atoms with van der Waals surface area (Å²) in [5, 5.41) is 0. The lowest BCUT2D eigenvalue weighted by Crippen LogP contribution is -1.95. The fraction of sp³-hybridized carbons (Fsp3) is 1.00. The number of hydrogen-bond donors (Lipinski definition) is 0. The lowest BCUT2D eigenvalue weighted by molar-refractivity contribution is 0.457. The molecule has 0 unspecified atom stereocenters. The molecule has 46 valence electrons. The molecule has 0 radical (unpaired) electrons. The third-order valence-electron chi connectivity index (χ3n) is 2.97. The van der Waals surface area contributed by atoms with Gasteiger partial charge in [0, 0.05) is 0 Å². The SMILES string of the molecule is C1C[C@H]2CCC[C@@H]2C1. The smallest absolute Gasteiger partial charge is 0.0386 e. The Bertz CT molecular complexity index is 66.0. The lowest BCUT2D eigenvalue weighted by Gasteiger charge is -2.04. The molecule has 8 heavy (non-hydrogen) atoms. The molecule has 0 atom stereocenters. The summed E-state index contributed by atoms with van der Waals surface area (Å²) in [6, 6.07) is 0. The lowest BCUT2D eigenvalue weighted by atomic mass is 10.0. The topological polar surface area (TPSA) is 0 Å². The van der Waals surface area contributed by atoms with E-state index in [9.17, 15) is 0 Å². The van der Waals surface area contributed by atoms with E-state index in [2.05, 4.69) is 0 Å². The first-order chi connectivity index (χ1) is 3.97. The molecule has 0 aromatic rings. The van der Waals surface area contributed by atoms with Crippen LogP contribution in [0.2, 0.25) is 0 Å². The van der Waals surface area contributed by atoms with Crippen LogP contribution in [0.3, 0.4) is 0 Å². The summed E-state index contributed by atoms with van der Waals surface area (Å²) in [4.78, 5) is 0. The van der Waals surface area contributed by atoms with E-state index in [1.54, 1.807) is 25.7 Å². The van der Waals surface area contributed by atoms with Gasteiger partial charge >= 0.3 is 0 Å². The highest BCUT2D eigenvalue weighted by molar-refractivity contribution is 4.82. The van der Waals surface area contributed by atoms with Crippen LogP contribution >= 0.6 is 0 Å². The minimum absolute atomic E-state index is 1.18. The molecule has 0 aliphatic heterocycles. The molecule has 0 N–H and O–H groups in total. The van der Waals surface area contributed by atoms with Crippen LogP contribution in [-0.2, 0) is 0 Å². The minimum Gasteiger partial charge on any atom is -0.0528 e. The van der Waals surface area contributed by atoms with Gasteiger partial charge in [-0.25, -0.2) is 0 Å². The van der Waals surface area contributed by atoms with Crippen molar-refractivity contribution in [2.24, 2.45) is 11.8 Å². The first-order valence-electron chi connectivity index (χ1n) is 3.97. The number of fused-ring (bicyclic) bond motifs is 1. The van der Waals surface area contributed by atoms with Crippen LogP contribution in [0, 0.1) is 11.8 Å². The molecule has 0 nitrogen and oxygen atoms in total. The van der Waals surface area contributed by atoms with Gasteiger partial charge in [-0.15, -0.1) is 0 Å². The molecule has 2 rings (SSSR count). The van der Waals surface area contributed by atoms with Crippen molar-refractivity contribution in [3.8, 4) is 0 Å². The van der Waals surface area contributed by atoms with E-state index in [1.165, 1.54) is 24.7 Å². The predicted octanol–water partition coefficient (Wildman–Crippen LogP) is 2.59. The third kappa shape index (κ3) is 0.586.